The van der Waals surface area contributed by atoms with Gasteiger partial charge < -0.3 is 24.2 Å². The second-order valence-electron chi connectivity index (χ2n) is 8.38. The number of amides is 1. The first-order valence-electron chi connectivity index (χ1n) is 10.8. The van der Waals surface area contributed by atoms with Crippen LogP contribution in [0.3, 0.4) is 0 Å². The lowest BCUT2D eigenvalue weighted by Gasteiger charge is -2.20. The summed E-state index contributed by atoms with van der Waals surface area (Å²) in [5.41, 5.74) is 2.90. The van der Waals surface area contributed by atoms with Crippen LogP contribution in [0.4, 0.5) is 0 Å². The number of rotatable bonds is 4. The predicted octanol–water partition coefficient (Wildman–Crippen LogP) is 1.40. The van der Waals surface area contributed by atoms with Crippen molar-refractivity contribution in [2.75, 3.05) is 19.8 Å². The summed E-state index contributed by atoms with van der Waals surface area (Å²) in [5, 5.41) is 10.7. The number of ether oxygens (including phenoxy) is 3. The van der Waals surface area contributed by atoms with E-state index in [1.165, 1.54) is 29.6 Å². The Hall–Kier alpha value is -3.57. The van der Waals surface area contributed by atoms with Crippen molar-refractivity contribution in [2.45, 2.75) is 30.5 Å². The molecule has 1 atom stereocenters. The summed E-state index contributed by atoms with van der Waals surface area (Å²) in [7, 11) is -3.90. The SMILES string of the molecule is O=C(C(O)c1ccc2c(c1)CCO2)N1Cc2cn(S(=O)(=O)c3cnc4c(c3)OCCO4)cc2C1. The summed E-state index contributed by atoms with van der Waals surface area (Å²) >= 11 is 0. The van der Waals surface area contributed by atoms with Crippen LogP contribution >= 0.6 is 0 Å². The smallest absolute Gasteiger partial charge is 0.269 e. The lowest BCUT2D eigenvalue weighted by atomic mass is 10.0. The van der Waals surface area contributed by atoms with E-state index in [1.54, 1.807) is 18.2 Å². The van der Waals surface area contributed by atoms with Gasteiger partial charge in [-0.2, -0.15) is 0 Å². The third kappa shape index (κ3) is 3.39. The van der Waals surface area contributed by atoms with Gasteiger partial charge >= 0.3 is 0 Å². The maximum Gasteiger partial charge on any atom is 0.269 e. The lowest BCUT2D eigenvalue weighted by Crippen LogP contribution is -2.31. The Bertz CT molecular complexity index is 1390. The van der Waals surface area contributed by atoms with E-state index in [0.29, 0.717) is 36.5 Å². The number of carbonyl (C=O) groups excluding carboxylic acids is 1. The molecule has 1 N–H and O–H groups in total. The van der Waals surface area contributed by atoms with E-state index >= 15 is 0 Å². The Kier molecular flexibility index (Phi) is 4.78. The molecule has 0 radical (unpaired) electrons. The molecule has 0 saturated carbocycles. The van der Waals surface area contributed by atoms with Gasteiger partial charge in [0.2, 0.25) is 0 Å². The minimum Gasteiger partial charge on any atom is -0.493 e. The number of benzene rings is 1. The fourth-order valence-corrected chi connectivity index (χ4v) is 5.64. The lowest BCUT2D eigenvalue weighted by molar-refractivity contribution is -0.141. The Morgan fingerprint density at radius 1 is 0.971 bits per heavy atom. The van der Waals surface area contributed by atoms with E-state index < -0.39 is 22.0 Å². The fraction of sp³-hybridized carbons (Fsp3) is 0.304. The summed E-state index contributed by atoms with van der Waals surface area (Å²) in [6, 6.07) is 6.66. The van der Waals surface area contributed by atoms with Crippen molar-refractivity contribution >= 4 is 15.9 Å². The zero-order valence-electron chi connectivity index (χ0n) is 18.0. The molecule has 1 aromatic carbocycles. The monoisotopic (exact) mass is 483 g/mol. The second kappa shape index (κ2) is 7.74. The number of hydrogen-bond acceptors (Lipinski definition) is 8. The molecule has 0 saturated heterocycles. The highest BCUT2D eigenvalue weighted by molar-refractivity contribution is 7.90. The van der Waals surface area contributed by atoms with E-state index in [9.17, 15) is 18.3 Å². The maximum atomic E-state index is 13.1. The Balaban J connectivity index is 1.19. The number of fused-ring (bicyclic) bond motifs is 3. The molecule has 2 aromatic heterocycles. The van der Waals surface area contributed by atoms with Crippen molar-refractivity contribution in [1.29, 1.82) is 0 Å². The highest BCUT2D eigenvalue weighted by Crippen LogP contribution is 2.33. The number of hydrogen-bond donors (Lipinski definition) is 1. The molecule has 0 bridgehead atoms. The van der Waals surface area contributed by atoms with Crippen LogP contribution in [0, 0.1) is 0 Å². The molecule has 0 spiro atoms. The van der Waals surface area contributed by atoms with Gasteiger partial charge in [-0.25, -0.2) is 17.4 Å². The summed E-state index contributed by atoms with van der Waals surface area (Å²) in [6.07, 6.45) is 3.68. The number of aliphatic hydroxyl groups excluding tert-OH is 1. The molecule has 1 amide bonds. The van der Waals surface area contributed by atoms with E-state index in [4.69, 9.17) is 14.2 Å². The van der Waals surface area contributed by atoms with Crippen LogP contribution in [0.2, 0.25) is 0 Å². The molecule has 3 aliphatic heterocycles. The average molecular weight is 484 g/mol. The first-order chi connectivity index (χ1) is 16.4. The van der Waals surface area contributed by atoms with Crippen molar-refractivity contribution in [3.05, 3.63) is 65.1 Å². The van der Waals surface area contributed by atoms with Crippen molar-refractivity contribution in [1.82, 2.24) is 13.9 Å². The standard InChI is InChI=1S/C23H21N3O7S/c27-21(15-1-2-19-14(7-15)3-4-31-19)23(28)25-10-16-12-26(13-17(16)11-25)34(29,30)18-8-20-22(24-9-18)33-6-5-32-20/h1-2,7-9,12-13,21,27H,3-6,10-11H2. The third-order valence-electron chi connectivity index (χ3n) is 6.22. The molecule has 1 unspecified atom stereocenters. The summed E-state index contributed by atoms with van der Waals surface area (Å²) in [5.74, 6) is 0.907. The predicted molar refractivity (Wildman–Crippen MR) is 117 cm³/mol. The van der Waals surface area contributed by atoms with Gasteiger partial charge in [-0.3, -0.25) is 4.79 Å². The Morgan fingerprint density at radius 3 is 2.50 bits per heavy atom. The molecule has 0 aliphatic carbocycles. The zero-order chi connectivity index (χ0) is 23.4. The minimum atomic E-state index is -3.90. The van der Waals surface area contributed by atoms with Crippen molar-refractivity contribution in [3.63, 3.8) is 0 Å². The van der Waals surface area contributed by atoms with Gasteiger partial charge in [0.1, 0.15) is 23.9 Å². The third-order valence-corrected chi connectivity index (χ3v) is 7.81. The van der Waals surface area contributed by atoms with Crippen LogP contribution in [-0.4, -0.2) is 53.1 Å². The van der Waals surface area contributed by atoms with Crippen LogP contribution in [0.15, 0.2) is 47.8 Å². The normalized spacial score (nSPS) is 17.1. The number of pyridine rings is 1. The van der Waals surface area contributed by atoms with Gasteiger partial charge in [0, 0.05) is 38.0 Å². The summed E-state index contributed by atoms with van der Waals surface area (Å²) in [4.78, 5) is 18.5. The van der Waals surface area contributed by atoms with Gasteiger partial charge in [-0.05, 0) is 34.4 Å². The quantitative estimate of drug-likeness (QED) is 0.591. The second-order valence-corrected chi connectivity index (χ2v) is 10.2. The number of aromatic nitrogens is 2. The van der Waals surface area contributed by atoms with E-state index in [0.717, 1.165) is 21.7 Å². The molecule has 176 valence electrons. The molecule has 34 heavy (non-hydrogen) atoms. The van der Waals surface area contributed by atoms with E-state index in [2.05, 4.69) is 4.98 Å². The van der Waals surface area contributed by atoms with Crippen molar-refractivity contribution < 1.29 is 32.5 Å². The van der Waals surface area contributed by atoms with Crippen LogP contribution in [0.25, 0.3) is 0 Å². The molecule has 3 aliphatic rings. The number of nitrogens with zero attached hydrogens (tertiary/aromatic N) is 3. The maximum absolute atomic E-state index is 13.1. The van der Waals surface area contributed by atoms with Gasteiger partial charge in [-0.15, -0.1) is 0 Å². The number of aliphatic hydroxyl groups is 1. The molecule has 10 nitrogen and oxygen atoms in total. The molecule has 6 rings (SSSR count). The Morgan fingerprint density at radius 2 is 1.71 bits per heavy atom. The zero-order valence-corrected chi connectivity index (χ0v) is 18.8. The average Bonchev–Trinajstić information content (AvgIpc) is 3.57. The molecule has 0 fully saturated rings. The highest BCUT2D eigenvalue weighted by Gasteiger charge is 2.32. The minimum absolute atomic E-state index is 0.0191. The van der Waals surface area contributed by atoms with Gasteiger partial charge in [0.15, 0.2) is 11.9 Å². The first-order valence-corrected chi connectivity index (χ1v) is 12.3. The van der Waals surface area contributed by atoms with Crippen molar-refractivity contribution in [2.24, 2.45) is 0 Å². The van der Waals surface area contributed by atoms with Gasteiger partial charge in [-0.1, -0.05) is 6.07 Å². The number of carbonyl (C=O) groups is 1. The molecule has 11 heteroatoms. The van der Waals surface area contributed by atoms with Crippen LogP contribution < -0.4 is 14.2 Å². The van der Waals surface area contributed by atoms with Crippen LogP contribution in [0.5, 0.6) is 17.4 Å². The van der Waals surface area contributed by atoms with Gasteiger partial charge in [0.25, 0.3) is 21.8 Å². The largest absolute Gasteiger partial charge is 0.493 e. The first kappa shape index (κ1) is 21.0. The summed E-state index contributed by atoms with van der Waals surface area (Å²) < 4.78 is 43.6. The molecule has 5 heterocycles. The molecular formula is C23H21N3O7S. The summed E-state index contributed by atoms with van der Waals surface area (Å²) in [6.45, 7) is 1.70. The Labute approximate surface area is 195 Å². The van der Waals surface area contributed by atoms with Crippen LogP contribution in [-0.2, 0) is 34.3 Å². The highest BCUT2D eigenvalue weighted by atomic mass is 32.2. The van der Waals surface area contributed by atoms with E-state index in [-0.39, 0.29) is 29.6 Å². The van der Waals surface area contributed by atoms with E-state index in [1.807, 2.05) is 0 Å². The van der Waals surface area contributed by atoms with Crippen LogP contribution in [0.1, 0.15) is 28.4 Å². The van der Waals surface area contributed by atoms with Crippen molar-refractivity contribution in [3.8, 4) is 17.4 Å². The molecular weight excluding hydrogens is 462 g/mol. The molecule has 3 aromatic rings. The fourth-order valence-electron chi connectivity index (χ4n) is 4.43. The van der Waals surface area contributed by atoms with Gasteiger partial charge in [0.05, 0.1) is 12.8 Å². The topological polar surface area (TPSA) is 120 Å².